The van der Waals surface area contributed by atoms with Crippen LogP contribution in [0.1, 0.15) is 31.0 Å². The highest BCUT2D eigenvalue weighted by Gasteiger charge is 2.42. The average Bonchev–Trinajstić information content (AvgIpc) is 2.99. The number of nitrogens with one attached hydrogen (secondary N) is 1. The third kappa shape index (κ3) is 2.82. The van der Waals surface area contributed by atoms with E-state index in [4.69, 9.17) is 16.3 Å². The van der Waals surface area contributed by atoms with Crippen LogP contribution in [0, 0.1) is 0 Å². The summed E-state index contributed by atoms with van der Waals surface area (Å²) in [5, 5.41) is 18.2. The number of nitrogens with zero attached hydrogens (tertiary/aromatic N) is 3. The van der Waals surface area contributed by atoms with Gasteiger partial charge in [-0.1, -0.05) is 11.6 Å². The van der Waals surface area contributed by atoms with Gasteiger partial charge in [-0.15, -0.1) is 0 Å². The number of hydrogen-bond acceptors (Lipinski definition) is 5. The van der Waals surface area contributed by atoms with Gasteiger partial charge in [0.1, 0.15) is 5.02 Å². The zero-order chi connectivity index (χ0) is 15.7. The van der Waals surface area contributed by atoms with Crippen LogP contribution in [0.15, 0.2) is 30.7 Å². The van der Waals surface area contributed by atoms with Gasteiger partial charge in [0.15, 0.2) is 0 Å². The molecule has 2 aromatic rings. The molecule has 1 aliphatic rings. The Morgan fingerprint density at radius 2 is 2.36 bits per heavy atom. The molecule has 22 heavy (non-hydrogen) atoms. The highest BCUT2D eigenvalue weighted by molar-refractivity contribution is 6.31. The van der Waals surface area contributed by atoms with E-state index in [1.54, 1.807) is 24.2 Å². The summed E-state index contributed by atoms with van der Waals surface area (Å²) in [7, 11) is 1.54. The Hall–Kier alpha value is -1.63. The summed E-state index contributed by atoms with van der Waals surface area (Å²) < 4.78 is 6.87. The molecular formula is C15H19ClN4O2. The molecule has 7 heteroatoms. The van der Waals surface area contributed by atoms with Gasteiger partial charge < -0.3 is 15.2 Å². The number of pyridine rings is 1. The minimum atomic E-state index is -0.373. The molecule has 3 rings (SSSR count). The SMILES string of the molecule is COc1ncc(C(C)N[C@H]2C[C@@H](O)[C@@H]2n2cccn2)cc1Cl. The van der Waals surface area contributed by atoms with Crippen molar-refractivity contribution in [2.75, 3.05) is 7.11 Å². The number of halogens is 1. The number of aromatic nitrogens is 3. The zero-order valence-corrected chi connectivity index (χ0v) is 13.2. The van der Waals surface area contributed by atoms with E-state index in [-0.39, 0.29) is 24.2 Å². The third-order valence-corrected chi connectivity index (χ3v) is 4.39. The molecule has 2 heterocycles. The highest BCUT2D eigenvalue weighted by Crippen LogP contribution is 2.34. The molecule has 0 bridgehead atoms. The van der Waals surface area contributed by atoms with E-state index in [9.17, 15) is 5.11 Å². The molecule has 1 saturated carbocycles. The first kappa shape index (κ1) is 15.3. The Balaban J connectivity index is 1.69. The van der Waals surface area contributed by atoms with E-state index in [1.165, 1.54) is 0 Å². The van der Waals surface area contributed by atoms with Gasteiger partial charge in [0.25, 0.3) is 0 Å². The number of ether oxygens (including phenoxy) is 1. The van der Waals surface area contributed by atoms with E-state index in [1.807, 2.05) is 25.3 Å². The Labute approximate surface area is 134 Å². The van der Waals surface area contributed by atoms with Crippen molar-refractivity contribution in [3.8, 4) is 5.88 Å². The van der Waals surface area contributed by atoms with Crippen LogP contribution in [0.5, 0.6) is 5.88 Å². The fourth-order valence-corrected chi connectivity index (χ4v) is 3.09. The molecule has 0 amide bonds. The second kappa shape index (κ2) is 6.24. The van der Waals surface area contributed by atoms with Crippen LogP contribution in [0.3, 0.4) is 0 Å². The summed E-state index contributed by atoms with van der Waals surface area (Å²) in [6.07, 6.45) is 5.67. The van der Waals surface area contributed by atoms with Crippen LogP contribution < -0.4 is 10.1 Å². The maximum absolute atomic E-state index is 9.99. The van der Waals surface area contributed by atoms with E-state index >= 15 is 0 Å². The van der Waals surface area contributed by atoms with Crippen LogP contribution in [0.4, 0.5) is 0 Å². The highest BCUT2D eigenvalue weighted by atomic mass is 35.5. The number of aliphatic hydroxyl groups excluding tert-OH is 1. The average molecular weight is 323 g/mol. The number of methoxy groups -OCH3 is 1. The first-order chi connectivity index (χ1) is 10.6. The van der Waals surface area contributed by atoms with Crippen LogP contribution in [0.25, 0.3) is 0 Å². The standard InChI is InChI=1S/C15H19ClN4O2/c1-9(10-6-11(16)15(22-2)17-8-10)19-12-7-13(21)14(12)20-5-3-4-18-20/h3-6,8-9,12-14,19,21H,7H2,1-2H3/t9?,12-,13+,14+/m0/s1. The lowest BCUT2D eigenvalue weighted by Gasteiger charge is -2.43. The molecule has 1 fully saturated rings. The largest absolute Gasteiger partial charge is 0.480 e. The third-order valence-electron chi connectivity index (χ3n) is 4.12. The van der Waals surface area contributed by atoms with Crippen molar-refractivity contribution in [3.05, 3.63) is 41.3 Å². The molecule has 2 N–H and O–H groups in total. The predicted molar refractivity (Wildman–Crippen MR) is 83.0 cm³/mol. The number of rotatable bonds is 5. The number of hydrogen-bond donors (Lipinski definition) is 2. The quantitative estimate of drug-likeness (QED) is 0.880. The normalized spacial score (nSPS) is 25.5. The second-order valence-corrected chi connectivity index (χ2v) is 5.94. The molecule has 6 nitrogen and oxygen atoms in total. The summed E-state index contributed by atoms with van der Waals surface area (Å²) in [5.74, 6) is 0.422. The first-order valence-electron chi connectivity index (χ1n) is 7.23. The molecule has 0 spiro atoms. The van der Waals surface area contributed by atoms with Gasteiger partial charge in [-0.3, -0.25) is 4.68 Å². The van der Waals surface area contributed by atoms with Gasteiger partial charge in [-0.2, -0.15) is 5.10 Å². The van der Waals surface area contributed by atoms with Crippen molar-refractivity contribution < 1.29 is 9.84 Å². The van der Waals surface area contributed by atoms with Gasteiger partial charge in [0.05, 0.1) is 19.3 Å². The van der Waals surface area contributed by atoms with E-state index < -0.39 is 0 Å². The van der Waals surface area contributed by atoms with Gasteiger partial charge in [-0.05, 0) is 31.0 Å². The summed E-state index contributed by atoms with van der Waals surface area (Å²) in [4.78, 5) is 4.19. The number of aliphatic hydroxyl groups is 1. The predicted octanol–water partition coefficient (Wildman–Crippen LogP) is 1.97. The summed E-state index contributed by atoms with van der Waals surface area (Å²) in [5.41, 5.74) is 0.978. The summed E-state index contributed by atoms with van der Waals surface area (Å²) >= 11 is 6.12. The smallest absolute Gasteiger partial charge is 0.232 e. The molecule has 0 aliphatic heterocycles. The van der Waals surface area contributed by atoms with Crippen molar-refractivity contribution in [3.63, 3.8) is 0 Å². The zero-order valence-electron chi connectivity index (χ0n) is 12.5. The molecule has 0 aromatic carbocycles. The second-order valence-electron chi connectivity index (χ2n) is 5.53. The van der Waals surface area contributed by atoms with Crippen molar-refractivity contribution in [2.24, 2.45) is 0 Å². The van der Waals surface area contributed by atoms with Gasteiger partial charge in [-0.25, -0.2) is 4.98 Å². The molecule has 118 valence electrons. The van der Waals surface area contributed by atoms with Gasteiger partial charge in [0, 0.05) is 30.7 Å². The van der Waals surface area contributed by atoms with Crippen molar-refractivity contribution in [1.29, 1.82) is 0 Å². The minimum absolute atomic E-state index is 0.0425. The van der Waals surface area contributed by atoms with Gasteiger partial charge in [0.2, 0.25) is 5.88 Å². The van der Waals surface area contributed by atoms with Crippen LogP contribution in [-0.4, -0.2) is 39.1 Å². The van der Waals surface area contributed by atoms with Crippen molar-refractivity contribution in [1.82, 2.24) is 20.1 Å². The Morgan fingerprint density at radius 1 is 1.55 bits per heavy atom. The lowest BCUT2D eigenvalue weighted by molar-refractivity contribution is -0.0110. The van der Waals surface area contributed by atoms with E-state index in [0.29, 0.717) is 17.3 Å². The maximum atomic E-state index is 9.99. The molecule has 1 unspecified atom stereocenters. The molecule has 4 atom stereocenters. The van der Waals surface area contributed by atoms with E-state index in [0.717, 1.165) is 5.56 Å². The fraction of sp³-hybridized carbons (Fsp3) is 0.467. The van der Waals surface area contributed by atoms with Crippen LogP contribution in [-0.2, 0) is 0 Å². The molecule has 0 saturated heterocycles. The Morgan fingerprint density at radius 3 is 2.95 bits per heavy atom. The Kier molecular flexibility index (Phi) is 4.33. The summed E-state index contributed by atoms with van der Waals surface area (Å²) in [6.45, 7) is 2.05. The van der Waals surface area contributed by atoms with Crippen LogP contribution in [0.2, 0.25) is 5.02 Å². The monoisotopic (exact) mass is 322 g/mol. The topological polar surface area (TPSA) is 72.2 Å². The maximum Gasteiger partial charge on any atom is 0.232 e. The lowest BCUT2D eigenvalue weighted by atomic mass is 9.82. The summed E-state index contributed by atoms with van der Waals surface area (Å²) in [6, 6.07) is 3.89. The Bertz CT molecular complexity index is 634. The minimum Gasteiger partial charge on any atom is -0.480 e. The van der Waals surface area contributed by atoms with E-state index in [2.05, 4.69) is 15.4 Å². The molecule has 0 radical (unpaired) electrons. The molecule has 1 aliphatic carbocycles. The van der Waals surface area contributed by atoms with Crippen molar-refractivity contribution >= 4 is 11.6 Å². The first-order valence-corrected chi connectivity index (χ1v) is 7.60. The van der Waals surface area contributed by atoms with Crippen LogP contribution >= 0.6 is 11.6 Å². The van der Waals surface area contributed by atoms with Crippen molar-refractivity contribution in [2.45, 2.75) is 37.6 Å². The molecular weight excluding hydrogens is 304 g/mol. The molecule has 2 aromatic heterocycles. The van der Waals surface area contributed by atoms with Gasteiger partial charge >= 0.3 is 0 Å². The fourth-order valence-electron chi connectivity index (χ4n) is 2.84. The lowest BCUT2D eigenvalue weighted by Crippen LogP contribution is -2.55.